The Morgan fingerprint density at radius 3 is 2.56 bits per heavy atom. The maximum Gasteiger partial charge on any atom is 0.224 e. The highest BCUT2D eigenvalue weighted by Crippen LogP contribution is 2.22. The average molecular weight is 378 g/mol. The van der Waals surface area contributed by atoms with E-state index in [9.17, 15) is 14.0 Å². The molecule has 0 aliphatic carbocycles. The largest absolute Gasteiger partial charge is 0.340 e. The van der Waals surface area contributed by atoms with Crippen molar-refractivity contribution >= 4 is 11.8 Å². The number of benzene rings is 1. The smallest absolute Gasteiger partial charge is 0.224 e. The molecule has 0 radical (unpaired) electrons. The highest BCUT2D eigenvalue weighted by atomic mass is 19.1. The van der Waals surface area contributed by atoms with E-state index in [0.717, 1.165) is 24.8 Å². The Labute approximate surface area is 161 Å². The molecule has 0 saturated carbocycles. The van der Waals surface area contributed by atoms with Crippen LogP contribution in [0.5, 0.6) is 0 Å². The zero-order chi connectivity index (χ0) is 19.8. The van der Waals surface area contributed by atoms with E-state index in [1.807, 2.05) is 9.80 Å². The number of hydrogen-bond donors (Lipinski definition) is 1. The molecule has 6 heteroatoms. The summed E-state index contributed by atoms with van der Waals surface area (Å²) in [5, 5.41) is 0. The van der Waals surface area contributed by atoms with Crippen LogP contribution in [0.15, 0.2) is 24.3 Å². The van der Waals surface area contributed by atoms with E-state index >= 15 is 0 Å². The molecule has 1 aromatic rings. The van der Waals surface area contributed by atoms with E-state index in [-0.39, 0.29) is 29.6 Å². The van der Waals surface area contributed by atoms with Crippen LogP contribution >= 0.6 is 0 Å². The van der Waals surface area contributed by atoms with Gasteiger partial charge in [-0.25, -0.2) is 4.39 Å². The number of rotatable bonds is 8. The predicted octanol–water partition coefficient (Wildman–Crippen LogP) is 2.93. The molecule has 1 fully saturated rings. The number of carbonyl (C=O) groups is 2. The SMILES string of the molecule is CC(C)[C@@H]1CN(C(=O)CCCCCN)CCC(=O)N1Cc1ccc(F)cc1. The fraction of sp³-hybridized carbons (Fsp3) is 0.619. The van der Waals surface area contributed by atoms with Gasteiger partial charge in [0.25, 0.3) is 0 Å². The van der Waals surface area contributed by atoms with Crippen LogP contribution in [0, 0.1) is 11.7 Å². The molecule has 2 rings (SSSR count). The van der Waals surface area contributed by atoms with Crippen LogP contribution in [0.25, 0.3) is 0 Å². The maximum absolute atomic E-state index is 13.2. The highest BCUT2D eigenvalue weighted by Gasteiger charge is 2.33. The van der Waals surface area contributed by atoms with Crippen LogP contribution in [0.3, 0.4) is 0 Å². The number of unbranched alkanes of at least 4 members (excludes halogenated alkanes) is 2. The fourth-order valence-corrected chi connectivity index (χ4v) is 3.52. The quantitative estimate of drug-likeness (QED) is 0.709. The molecule has 2 amide bonds. The number of halogens is 1. The predicted molar refractivity (Wildman–Crippen MR) is 104 cm³/mol. The van der Waals surface area contributed by atoms with Crippen molar-refractivity contribution in [3.05, 3.63) is 35.6 Å². The minimum Gasteiger partial charge on any atom is -0.340 e. The van der Waals surface area contributed by atoms with Crippen LogP contribution in [0.1, 0.15) is 51.5 Å². The molecule has 0 unspecified atom stereocenters. The van der Waals surface area contributed by atoms with E-state index in [1.54, 1.807) is 12.1 Å². The number of amides is 2. The summed E-state index contributed by atoms with van der Waals surface area (Å²) in [4.78, 5) is 29.1. The molecule has 0 bridgehead atoms. The Hall–Kier alpha value is -1.95. The Kier molecular flexibility index (Phi) is 8.23. The molecule has 1 aliphatic heterocycles. The average Bonchev–Trinajstić information content (AvgIpc) is 2.80. The molecule has 0 aromatic heterocycles. The van der Waals surface area contributed by atoms with Gasteiger partial charge in [-0.3, -0.25) is 9.59 Å². The summed E-state index contributed by atoms with van der Waals surface area (Å²) in [6.45, 7) is 6.27. The fourth-order valence-electron chi connectivity index (χ4n) is 3.52. The summed E-state index contributed by atoms with van der Waals surface area (Å²) in [6, 6.07) is 6.22. The van der Waals surface area contributed by atoms with Crippen LogP contribution in [0.4, 0.5) is 4.39 Å². The molecule has 5 nitrogen and oxygen atoms in total. The molecule has 1 aliphatic rings. The molecule has 1 atom stereocenters. The third-order valence-electron chi connectivity index (χ3n) is 5.21. The van der Waals surface area contributed by atoms with Gasteiger partial charge in [0.15, 0.2) is 0 Å². The lowest BCUT2D eigenvalue weighted by Crippen LogP contribution is -2.47. The maximum atomic E-state index is 13.2. The number of nitrogens with two attached hydrogens (primary N) is 1. The van der Waals surface area contributed by atoms with Gasteiger partial charge >= 0.3 is 0 Å². The topological polar surface area (TPSA) is 66.6 Å². The Bertz CT molecular complexity index is 618. The summed E-state index contributed by atoms with van der Waals surface area (Å²) in [5.41, 5.74) is 6.40. The number of hydrogen-bond acceptors (Lipinski definition) is 3. The van der Waals surface area contributed by atoms with Crippen molar-refractivity contribution in [2.75, 3.05) is 19.6 Å². The molecule has 150 valence electrons. The van der Waals surface area contributed by atoms with Crippen molar-refractivity contribution in [1.82, 2.24) is 9.80 Å². The van der Waals surface area contributed by atoms with Crippen molar-refractivity contribution in [2.45, 2.75) is 58.5 Å². The van der Waals surface area contributed by atoms with Gasteiger partial charge in [0.05, 0.1) is 6.04 Å². The van der Waals surface area contributed by atoms with Crippen molar-refractivity contribution in [1.29, 1.82) is 0 Å². The number of carbonyl (C=O) groups excluding carboxylic acids is 2. The van der Waals surface area contributed by atoms with Gasteiger partial charge in [-0.15, -0.1) is 0 Å². The summed E-state index contributed by atoms with van der Waals surface area (Å²) < 4.78 is 13.2. The van der Waals surface area contributed by atoms with Gasteiger partial charge in [0.1, 0.15) is 5.82 Å². The molecule has 27 heavy (non-hydrogen) atoms. The minimum atomic E-state index is -0.284. The van der Waals surface area contributed by atoms with Gasteiger partial charge in [0, 0.05) is 32.5 Å². The Morgan fingerprint density at radius 2 is 1.93 bits per heavy atom. The third kappa shape index (κ3) is 6.31. The third-order valence-corrected chi connectivity index (χ3v) is 5.21. The van der Waals surface area contributed by atoms with Crippen molar-refractivity contribution < 1.29 is 14.0 Å². The van der Waals surface area contributed by atoms with Crippen LogP contribution in [-0.2, 0) is 16.1 Å². The zero-order valence-corrected chi connectivity index (χ0v) is 16.5. The van der Waals surface area contributed by atoms with E-state index in [1.165, 1.54) is 12.1 Å². The Morgan fingerprint density at radius 1 is 1.22 bits per heavy atom. The van der Waals surface area contributed by atoms with E-state index in [4.69, 9.17) is 5.73 Å². The van der Waals surface area contributed by atoms with Crippen LogP contribution in [-0.4, -0.2) is 47.3 Å². The van der Waals surface area contributed by atoms with Gasteiger partial charge in [-0.1, -0.05) is 32.4 Å². The summed E-state index contributed by atoms with van der Waals surface area (Å²) in [5.74, 6) is 0.110. The minimum absolute atomic E-state index is 0.0435. The lowest BCUT2D eigenvalue weighted by Gasteiger charge is -2.35. The summed E-state index contributed by atoms with van der Waals surface area (Å²) in [7, 11) is 0. The molecule has 2 N–H and O–H groups in total. The van der Waals surface area contributed by atoms with E-state index in [0.29, 0.717) is 39.0 Å². The molecular formula is C21H32FN3O2. The second kappa shape index (κ2) is 10.4. The van der Waals surface area contributed by atoms with Crippen molar-refractivity contribution in [3.63, 3.8) is 0 Å². The molecule has 0 spiro atoms. The summed E-state index contributed by atoms with van der Waals surface area (Å²) in [6.07, 6.45) is 3.58. The second-order valence-electron chi connectivity index (χ2n) is 7.65. The molecular weight excluding hydrogens is 345 g/mol. The van der Waals surface area contributed by atoms with Crippen molar-refractivity contribution in [3.8, 4) is 0 Å². The van der Waals surface area contributed by atoms with Gasteiger partial charge in [-0.2, -0.15) is 0 Å². The van der Waals surface area contributed by atoms with E-state index in [2.05, 4.69) is 13.8 Å². The first-order chi connectivity index (χ1) is 12.9. The highest BCUT2D eigenvalue weighted by molar-refractivity contribution is 5.80. The first-order valence-corrected chi connectivity index (χ1v) is 9.94. The monoisotopic (exact) mass is 377 g/mol. The van der Waals surface area contributed by atoms with Crippen LogP contribution < -0.4 is 5.73 Å². The lowest BCUT2D eigenvalue weighted by atomic mass is 10.0. The molecule has 1 heterocycles. The van der Waals surface area contributed by atoms with Gasteiger partial charge in [-0.05, 0) is 43.0 Å². The first kappa shape index (κ1) is 21.4. The van der Waals surface area contributed by atoms with Gasteiger partial charge < -0.3 is 15.5 Å². The standard InChI is InChI=1S/C21H32FN3O2/c1-16(2)19-15-24(20(26)6-4-3-5-12-23)13-11-21(27)25(19)14-17-7-9-18(22)10-8-17/h7-10,16,19H,3-6,11-15,23H2,1-2H3/t19-/m0/s1. The van der Waals surface area contributed by atoms with Crippen molar-refractivity contribution in [2.24, 2.45) is 11.7 Å². The van der Waals surface area contributed by atoms with E-state index < -0.39 is 0 Å². The Balaban J connectivity index is 2.06. The lowest BCUT2D eigenvalue weighted by molar-refractivity contribution is -0.134. The molecule has 1 saturated heterocycles. The summed E-state index contributed by atoms with van der Waals surface area (Å²) >= 11 is 0. The first-order valence-electron chi connectivity index (χ1n) is 9.94. The molecule has 1 aromatic carbocycles. The van der Waals surface area contributed by atoms with Gasteiger partial charge in [0.2, 0.25) is 11.8 Å². The normalized spacial score (nSPS) is 18.1. The van der Waals surface area contributed by atoms with Crippen LogP contribution in [0.2, 0.25) is 0 Å². The second-order valence-corrected chi connectivity index (χ2v) is 7.65. The number of nitrogens with zero attached hydrogens (tertiary/aromatic N) is 2. The zero-order valence-electron chi connectivity index (χ0n) is 16.5.